The largest absolute Gasteiger partial charge is 0.395 e. The van der Waals surface area contributed by atoms with Crippen molar-refractivity contribution >= 4 is 0 Å². The van der Waals surface area contributed by atoms with E-state index in [9.17, 15) is 0 Å². The normalized spacial score (nSPS) is 23.3. The fourth-order valence-electron chi connectivity index (χ4n) is 2.35. The first-order valence-electron chi connectivity index (χ1n) is 5.59. The Morgan fingerprint density at radius 2 is 1.85 bits per heavy atom. The maximum Gasteiger partial charge on any atom is 0.0582 e. The number of rotatable bonds is 5. The lowest BCUT2D eigenvalue weighted by Crippen LogP contribution is -2.37. The van der Waals surface area contributed by atoms with Crippen molar-refractivity contribution in [3.05, 3.63) is 0 Å². The van der Waals surface area contributed by atoms with E-state index < -0.39 is 0 Å². The molecule has 0 spiro atoms. The predicted octanol–water partition coefficient (Wildman–Crippen LogP) is 1.93. The fourth-order valence-corrected chi connectivity index (χ4v) is 2.35. The van der Waals surface area contributed by atoms with Gasteiger partial charge in [-0.3, -0.25) is 0 Å². The van der Waals surface area contributed by atoms with Gasteiger partial charge in [-0.1, -0.05) is 25.7 Å². The molecule has 0 saturated heterocycles. The fraction of sp³-hybridized carbons (Fsp3) is 1.00. The Hall–Kier alpha value is -0.0800. The molecule has 1 saturated carbocycles. The molecule has 0 amide bonds. The van der Waals surface area contributed by atoms with Gasteiger partial charge in [0.2, 0.25) is 0 Å². The molecule has 1 aliphatic carbocycles. The molecule has 0 aromatic rings. The van der Waals surface area contributed by atoms with E-state index in [2.05, 4.69) is 12.2 Å². The molecule has 2 nitrogen and oxygen atoms in total. The molecule has 0 aliphatic heterocycles. The molecule has 1 fully saturated rings. The first-order chi connectivity index (χ1) is 6.22. The highest BCUT2D eigenvalue weighted by atomic mass is 16.3. The summed E-state index contributed by atoms with van der Waals surface area (Å²) in [4.78, 5) is 0. The van der Waals surface area contributed by atoms with Crippen LogP contribution in [-0.4, -0.2) is 23.8 Å². The van der Waals surface area contributed by atoms with Crippen molar-refractivity contribution in [3.63, 3.8) is 0 Å². The van der Waals surface area contributed by atoms with E-state index in [1.54, 1.807) is 0 Å². The molecule has 0 heterocycles. The SMILES string of the molecule is CC(CC1CCCC1)N[C@H](C)CO. The van der Waals surface area contributed by atoms with Crippen molar-refractivity contribution < 1.29 is 5.11 Å². The molecule has 0 bridgehead atoms. The number of hydrogen-bond donors (Lipinski definition) is 2. The third-order valence-corrected chi connectivity index (χ3v) is 3.00. The Labute approximate surface area is 81.7 Å². The number of aliphatic hydroxyl groups is 1. The second-order valence-electron chi connectivity index (χ2n) is 4.54. The number of hydrogen-bond acceptors (Lipinski definition) is 2. The Balaban J connectivity index is 2.12. The standard InChI is InChI=1S/C11H23NO/c1-9(12-10(2)8-13)7-11-5-3-4-6-11/h9-13H,3-8H2,1-2H3/t9?,10-/m1/s1. The molecule has 1 unspecified atom stereocenters. The van der Waals surface area contributed by atoms with Crippen LogP contribution < -0.4 is 5.32 Å². The minimum atomic E-state index is 0.245. The highest BCUT2D eigenvalue weighted by Gasteiger charge is 2.18. The lowest BCUT2D eigenvalue weighted by Gasteiger charge is -2.21. The summed E-state index contributed by atoms with van der Waals surface area (Å²) in [5.41, 5.74) is 0. The van der Waals surface area contributed by atoms with Crippen molar-refractivity contribution in [2.45, 2.75) is 58.0 Å². The maximum atomic E-state index is 8.88. The monoisotopic (exact) mass is 185 g/mol. The van der Waals surface area contributed by atoms with Crippen molar-refractivity contribution in [3.8, 4) is 0 Å². The quantitative estimate of drug-likeness (QED) is 0.686. The summed E-state index contributed by atoms with van der Waals surface area (Å²) in [5.74, 6) is 0.938. The molecule has 2 heteroatoms. The molecule has 1 aliphatic rings. The van der Waals surface area contributed by atoms with Crippen LogP contribution in [0.3, 0.4) is 0 Å². The molecule has 2 atom stereocenters. The molecule has 1 rings (SSSR count). The van der Waals surface area contributed by atoms with Crippen LogP contribution in [0.2, 0.25) is 0 Å². The lowest BCUT2D eigenvalue weighted by molar-refractivity contribution is 0.236. The first-order valence-corrected chi connectivity index (χ1v) is 5.59. The zero-order chi connectivity index (χ0) is 9.68. The Bertz CT molecular complexity index is 132. The third-order valence-electron chi connectivity index (χ3n) is 3.00. The van der Waals surface area contributed by atoms with E-state index in [1.807, 2.05) is 6.92 Å². The van der Waals surface area contributed by atoms with E-state index in [1.165, 1.54) is 32.1 Å². The number of nitrogens with one attached hydrogen (secondary N) is 1. The van der Waals surface area contributed by atoms with Crippen LogP contribution in [0.15, 0.2) is 0 Å². The Kier molecular flexibility index (Phi) is 4.74. The van der Waals surface area contributed by atoms with Crippen LogP contribution in [0, 0.1) is 5.92 Å². The van der Waals surface area contributed by atoms with Gasteiger partial charge in [0.05, 0.1) is 6.61 Å². The van der Waals surface area contributed by atoms with Crippen molar-refractivity contribution in [1.29, 1.82) is 0 Å². The van der Waals surface area contributed by atoms with Crippen LogP contribution in [-0.2, 0) is 0 Å². The predicted molar refractivity (Wildman–Crippen MR) is 55.7 cm³/mol. The second-order valence-corrected chi connectivity index (χ2v) is 4.54. The van der Waals surface area contributed by atoms with E-state index in [0.717, 1.165) is 5.92 Å². The van der Waals surface area contributed by atoms with E-state index in [4.69, 9.17) is 5.11 Å². The molecule has 0 aromatic carbocycles. The summed E-state index contributed by atoms with van der Waals surface area (Å²) in [5, 5.41) is 12.3. The Morgan fingerprint density at radius 3 is 2.38 bits per heavy atom. The highest BCUT2D eigenvalue weighted by Crippen LogP contribution is 2.28. The molecule has 0 aromatic heterocycles. The minimum Gasteiger partial charge on any atom is -0.395 e. The van der Waals surface area contributed by atoms with Crippen molar-refractivity contribution in [2.24, 2.45) is 5.92 Å². The van der Waals surface area contributed by atoms with Crippen LogP contribution in [0.5, 0.6) is 0 Å². The second kappa shape index (κ2) is 5.61. The van der Waals surface area contributed by atoms with Crippen LogP contribution in [0.1, 0.15) is 46.0 Å². The lowest BCUT2D eigenvalue weighted by atomic mass is 9.99. The van der Waals surface area contributed by atoms with Crippen molar-refractivity contribution in [1.82, 2.24) is 5.32 Å². The summed E-state index contributed by atoms with van der Waals surface area (Å²) in [6.45, 7) is 4.50. The Morgan fingerprint density at radius 1 is 1.23 bits per heavy atom. The first kappa shape index (κ1) is 11.0. The van der Waals surface area contributed by atoms with Gasteiger partial charge in [0.25, 0.3) is 0 Å². The van der Waals surface area contributed by atoms with E-state index in [0.29, 0.717) is 6.04 Å². The van der Waals surface area contributed by atoms with Crippen LogP contribution in [0.4, 0.5) is 0 Å². The molecular weight excluding hydrogens is 162 g/mol. The highest BCUT2D eigenvalue weighted by molar-refractivity contribution is 4.74. The van der Waals surface area contributed by atoms with Gasteiger partial charge in [-0.25, -0.2) is 0 Å². The number of aliphatic hydroxyl groups excluding tert-OH is 1. The summed E-state index contributed by atoms with van der Waals surface area (Å²) in [6, 6.07) is 0.807. The van der Waals surface area contributed by atoms with Gasteiger partial charge < -0.3 is 10.4 Å². The topological polar surface area (TPSA) is 32.3 Å². The molecule has 0 radical (unpaired) electrons. The molecule has 78 valence electrons. The zero-order valence-electron chi connectivity index (χ0n) is 8.92. The summed E-state index contributed by atoms with van der Waals surface area (Å²) in [6.07, 6.45) is 6.96. The van der Waals surface area contributed by atoms with E-state index in [-0.39, 0.29) is 12.6 Å². The van der Waals surface area contributed by atoms with Gasteiger partial charge in [-0.15, -0.1) is 0 Å². The third kappa shape index (κ3) is 4.10. The van der Waals surface area contributed by atoms with Gasteiger partial charge in [-0.05, 0) is 26.2 Å². The summed E-state index contributed by atoms with van der Waals surface area (Å²) >= 11 is 0. The van der Waals surface area contributed by atoms with E-state index >= 15 is 0 Å². The summed E-state index contributed by atoms with van der Waals surface area (Å²) < 4.78 is 0. The van der Waals surface area contributed by atoms with Crippen LogP contribution in [0.25, 0.3) is 0 Å². The van der Waals surface area contributed by atoms with Gasteiger partial charge in [0, 0.05) is 12.1 Å². The molecule has 2 N–H and O–H groups in total. The molecular formula is C11H23NO. The van der Waals surface area contributed by atoms with Gasteiger partial charge in [-0.2, -0.15) is 0 Å². The van der Waals surface area contributed by atoms with Gasteiger partial charge in [0.1, 0.15) is 0 Å². The molecule has 13 heavy (non-hydrogen) atoms. The smallest absolute Gasteiger partial charge is 0.0582 e. The van der Waals surface area contributed by atoms with Gasteiger partial charge >= 0.3 is 0 Å². The van der Waals surface area contributed by atoms with Crippen LogP contribution >= 0.6 is 0 Å². The van der Waals surface area contributed by atoms with Crippen molar-refractivity contribution in [2.75, 3.05) is 6.61 Å². The average molecular weight is 185 g/mol. The van der Waals surface area contributed by atoms with Gasteiger partial charge in [0.15, 0.2) is 0 Å². The summed E-state index contributed by atoms with van der Waals surface area (Å²) in [7, 11) is 0. The zero-order valence-corrected chi connectivity index (χ0v) is 8.92. The minimum absolute atomic E-state index is 0.245. The maximum absolute atomic E-state index is 8.88. The average Bonchev–Trinajstić information content (AvgIpc) is 2.56.